The van der Waals surface area contributed by atoms with E-state index in [4.69, 9.17) is 4.74 Å². The molecule has 0 aromatic heterocycles. The summed E-state index contributed by atoms with van der Waals surface area (Å²) < 4.78 is 6.47. The number of amides is 2. The minimum atomic E-state index is -0.196. The molecule has 26 heavy (non-hydrogen) atoms. The van der Waals surface area contributed by atoms with E-state index in [1.807, 2.05) is 54.6 Å². The highest BCUT2D eigenvalue weighted by molar-refractivity contribution is 9.10. The average Bonchev–Trinajstić information content (AvgIpc) is 2.67. The first-order chi connectivity index (χ1) is 12.6. The van der Waals surface area contributed by atoms with Crippen LogP contribution in [0, 0.1) is 5.92 Å². The van der Waals surface area contributed by atoms with E-state index in [0.29, 0.717) is 18.8 Å². The molecule has 0 bridgehead atoms. The fourth-order valence-electron chi connectivity index (χ4n) is 2.98. The summed E-state index contributed by atoms with van der Waals surface area (Å²) in [5, 5.41) is 2.92. The van der Waals surface area contributed by atoms with Crippen LogP contribution in [0.25, 0.3) is 0 Å². The Balaban J connectivity index is 1.52. The molecule has 0 radical (unpaired) electrons. The maximum absolute atomic E-state index is 12.5. The first kappa shape index (κ1) is 18.5. The van der Waals surface area contributed by atoms with Crippen molar-refractivity contribution in [2.24, 2.45) is 5.92 Å². The summed E-state index contributed by atoms with van der Waals surface area (Å²) >= 11 is 3.38. The van der Waals surface area contributed by atoms with Crippen LogP contribution in [0.1, 0.15) is 12.8 Å². The molecule has 2 amide bonds. The second-order valence-corrected chi connectivity index (χ2v) is 7.20. The molecule has 0 aliphatic carbocycles. The molecule has 0 saturated carbocycles. The molecule has 1 fully saturated rings. The van der Waals surface area contributed by atoms with Crippen molar-refractivity contribution in [1.29, 1.82) is 0 Å². The Bertz CT molecular complexity index is 767. The Labute approximate surface area is 161 Å². The number of para-hydroxylation sites is 1. The summed E-state index contributed by atoms with van der Waals surface area (Å²) in [6.07, 6.45) is 1.60. The standard InChI is InChI=1S/C20H21BrN2O3/c21-16-7-4-10-18(12-16)26-14-19(24)23-11-5-6-15(13-23)20(25)22-17-8-2-1-3-9-17/h1-4,7-10,12,15H,5-6,11,13-14H2,(H,22,25). The predicted molar refractivity (Wildman–Crippen MR) is 104 cm³/mol. The van der Waals surface area contributed by atoms with Gasteiger partial charge >= 0.3 is 0 Å². The van der Waals surface area contributed by atoms with Crippen LogP contribution in [-0.4, -0.2) is 36.4 Å². The lowest BCUT2D eigenvalue weighted by molar-refractivity contribution is -0.136. The second kappa shape index (κ2) is 8.85. The highest BCUT2D eigenvalue weighted by Gasteiger charge is 2.28. The summed E-state index contributed by atoms with van der Waals surface area (Å²) in [5.41, 5.74) is 0.777. The van der Waals surface area contributed by atoms with Crippen molar-refractivity contribution in [3.8, 4) is 5.75 Å². The Morgan fingerprint density at radius 1 is 1.15 bits per heavy atom. The third kappa shape index (κ3) is 5.08. The molecule has 1 heterocycles. The van der Waals surface area contributed by atoms with E-state index in [9.17, 15) is 9.59 Å². The molecule has 1 aliphatic rings. The van der Waals surface area contributed by atoms with Crippen LogP contribution in [0.4, 0.5) is 5.69 Å². The van der Waals surface area contributed by atoms with Crippen LogP contribution in [0.5, 0.6) is 5.75 Å². The van der Waals surface area contributed by atoms with Crippen molar-refractivity contribution >= 4 is 33.4 Å². The molecule has 1 unspecified atom stereocenters. The summed E-state index contributed by atoms with van der Waals surface area (Å²) in [6, 6.07) is 16.8. The molecule has 1 N–H and O–H groups in total. The zero-order valence-corrected chi connectivity index (χ0v) is 15.9. The Morgan fingerprint density at radius 3 is 2.73 bits per heavy atom. The highest BCUT2D eigenvalue weighted by Crippen LogP contribution is 2.20. The minimum absolute atomic E-state index is 0.0243. The van der Waals surface area contributed by atoms with Crippen LogP contribution < -0.4 is 10.1 Å². The summed E-state index contributed by atoms with van der Waals surface area (Å²) in [4.78, 5) is 26.6. The van der Waals surface area contributed by atoms with E-state index in [1.165, 1.54) is 0 Å². The molecule has 1 saturated heterocycles. The first-order valence-electron chi connectivity index (χ1n) is 8.64. The van der Waals surface area contributed by atoms with E-state index in [0.717, 1.165) is 23.0 Å². The lowest BCUT2D eigenvalue weighted by Gasteiger charge is -2.32. The molecule has 0 spiro atoms. The highest BCUT2D eigenvalue weighted by atomic mass is 79.9. The van der Waals surface area contributed by atoms with E-state index in [1.54, 1.807) is 4.90 Å². The van der Waals surface area contributed by atoms with Gasteiger partial charge in [-0.25, -0.2) is 0 Å². The topological polar surface area (TPSA) is 58.6 Å². The summed E-state index contributed by atoms with van der Waals surface area (Å²) in [7, 11) is 0. The number of benzene rings is 2. The third-order valence-corrected chi connectivity index (χ3v) is 4.84. The van der Waals surface area contributed by atoms with Crippen LogP contribution in [0.15, 0.2) is 59.1 Å². The van der Waals surface area contributed by atoms with Gasteiger partial charge in [0.05, 0.1) is 5.92 Å². The fourth-order valence-corrected chi connectivity index (χ4v) is 3.35. The van der Waals surface area contributed by atoms with Gasteiger partial charge < -0.3 is 15.0 Å². The van der Waals surface area contributed by atoms with Gasteiger partial charge in [0.2, 0.25) is 5.91 Å². The van der Waals surface area contributed by atoms with Gasteiger partial charge in [-0.1, -0.05) is 40.2 Å². The van der Waals surface area contributed by atoms with Crippen molar-refractivity contribution in [1.82, 2.24) is 4.90 Å². The number of nitrogens with zero attached hydrogens (tertiary/aromatic N) is 1. The number of hydrogen-bond donors (Lipinski definition) is 1. The van der Waals surface area contributed by atoms with Gasteiger partial charge in [0, 0.05) is 23.2 Å². The lowest BCUT2D eigenvalue weighted by atomic mass is 9.97. The number of hydrogen-bond acceptors (Lipinski definition) is 3. The average molecular weight is 417 g/mol. The first-order valence-corrected chi connectivity index (χ1v) is 9.43. The van der Waals surface area contributed by atoms with Crippen molar-refractivity contribution in [2.75, 3.05) is 25.0 Å². The SMILES string of the molecule is O=C(Nc1ccccc1)C1CCCN(C(=O)COc2cccc(Br)c2)C1. The van der Waals surface area contributed by atoms with Gasteiger partial charge in [0.25, 0.3) is 5.91 Å². The largest absolute Gasteiger partial charge is 0.484 e. The number of carbonyl (C=O) groups is 2. The van der Waals surface area contributed by atoms with Gasteiger partial charge in [-0.05, 0) is 43.2 Å². The van der Waals surface area contributed by atoms with Crippen molar-refractivity contribution in [3.63, 3.8) is 0 Å². The number of ether oxygens (including phenoxy) is 1. The zero-order valence-electron chi connectivity index (χ0n) is 14.4. The van der Waals surface area contributed by atoms with Crippen LogP contribution in [-0.2, 0) is 9.59 Å². The van der Waals surface area contributed by atoms with E-state index in [-0.39, 0.29) is 24.3 Å². The van der Waals surface area contributed by atoms with Crippen LogP contribution >= 0.6 is 15.9 Å². The quantitative estimate of drug-likeness (QED) is 0.807. The number of carbonyl (C=O) groups excluding carboxylic acids is 2. The molecular formula is C20H21BrN2O3. The summed E-state index contributed by atoms with van der Waals surface area (Å²) in [6.45, 7) is 1.07. The molecule has 6 heteroatoms. The van der Waals surface area contributed by atoms with E-state index in [2.05, 4.69) is 21.2 Å². The Kier molecular flexibility index (Phi) is 6.28. The fraction of sp³-hybridized carbons (Fsp3) is 0.300. The van der Waals surface area contributed by atoms with Gasteiger partial charge in [0.15, 0.2) is 6.61 Å². The van der Waals surface area contributed by atoms with Crippen LogP contribution in [0.2, 0.25) is 0 Å². The maximum atomic E-state index is 12.5. The molecule has 136 valence electrons. The number of halogens is 1. The predicted octanol–water partition coefficient (Wildman–Crippen LogP) is 3.71. The minimum Gasteiger partial charge on any atom is -0.484 e. The maximum Gasteiger partial charge on any atom is 0.260 e. The number of anilines is 1. The van der Waals surface area contributed by atoms with Crippen molar-refractivity contribution in [3.05, 3.63) is 59.1 Å². The van der Waals surface area contributed by atoms with E-state index >= 15 is 0 Å². The normalized spacial score (nSPS) is 16.8. The molecule has 3 rings (SSSR count). The second-order valence-electron chi connectivity index (χ2n) is 6.28. The van der Waals surface area contributed by atoms with Gasteiger partial charge in [-0.15, -0.1) is 0 Å². The molecule has 2 aromatic carbocycles. The molecule has 5 nitrogen and oxygen atoms in total. The molecular weight excluding hydrogens is 396 g/mol. The van der Waals surface area contributed by atoms with Crippen LogP contribution in [0.3, 0.4) is 0 Å². The molecule has 2 aromatic rings. The van der Waals surface area contributed by atoms with Gasteiger partial charge in [0.1, 0.15) is 5.75 Å². The van der Waals surface area contributed by atoms with Crippen molar-refractivity contribution < 1.29 is 14.3 Å². The number of likely N-dealkylation sites (tertiary alicyclic amines) is 1. The smallest absolute Gasteiger partial charge is 0.260 e. The van der Waals surface area contributed by atoms with E-state index < -0.39 is 0 Å². The third-order valence-electron chi connectivity index (χ3n) is 4.34. The van der Waals surface area contributed by atoms with Gasteiger partial charge in [-0.2, -0.15) is 0 Å². The monoisotopic (exact) mass is 416 g/mol. The Morgan fingerprint density at radius 2 is 1.96 bits per heavy atom. The lowest BCUT2D eigenvalue weighted by Crippen LogP contribution is -2.45. The number of rotatable bonds is 5. The summed E-state index contributed by atoms with van der Waals surface area (Å²) in [5.74, 6) is 0.311. The van der Waals surface area contributed by atoms with Crippen molar-refractivity contribution in [2.45, 2.75) is 12.8 Å². The number of piperidine rings is 1. The zero-order chi connectivity index (χ0) is 18.4. The number of nitrogens with one attached hydrogen (secondary N) is 1. The Hall–Kier alpha value is -2.34. The van der Waals surface area contributed by atoms with Gasteiger partial charge in [-0.3, -0.25) is 9.59 Å². The molecule has 1 aliphatic heterocycles. The molecule has 1 atom stereocenters.